The van der Waals surface area contributed by atoms with Crippen LogP contribution in [0.3, 0.4) is 0 Å². The van der Waals surface area contributed by atoms with E-state index in [1.54, 1.807) is 0 Å². The Hall–Kier alpha value is -0.980. The second-order valence-electron chi connectivity index (χ2n) is 2.58. The third kappa shape index (κ3) is 3.58. The molecule has 1 aromatic carbocycles. The van der Waals surface area contributed by atoms with E-state index in [9.17, 15) is 22.0 Å². The van der Waals surface area contributed by atoms with Crippen LogP contribution in [0.1, 0.15) is 12.0 Å². The van der Waals surface area contributed by atoms with E-state index in [0.717, 1.165) is 18.2 Å². The number of hydrogen-bond acceptors (Lipinski definition) is 2. The molecule has 0 unspecified atom stereocenters. The Labute approximate surface area is 87.3 Å². The number of hydrogen-bond donors (Lipinski definition) is 1. The molecule has 0 aliphatic heterocycles. The highest BCUT2D eigenvalue weighted by Gasteiger charge is 2.32. The van der Waals surface area contributed by atoms with E-state index in [0.29, 0.717) is 0 Å². The molecule has 0 radical (unpaired) electrons. The number of halogens is 5. The summed E-state index contributed by atoms with van der Waals surface area (Å²) in [5, 5.41) is 0. The smallest absolute Gasteiger partial charge is 0.405 e. The standard InChI is InChI=1S/C8H5F5OS/c9-7(10)4-1-2-5(6(15)3-4)14-8(11,12)13/h1-3,7,15H. The highest BCUT2D eigenvalue weighted by Crippen LogP contribution is 2.31. The molecular weight excluding hydrogens is 239 g/mol. The molecule has 0 bridgehead atoms. The highest BCUT2D eigenvalue weighted by molar-refractivity contribution is 7.80. The summed E-state index contributed by atoms with van der Waals surface area (Å²) < 4.78 is 63.1. The molecule has 1 nitrogen and oxygen atoms in total. The first-order valence-electron chi connectivity index (χ1n) is 3.66. The molecule has 0 fully saturated rings. The minimum atomic E-state index is -4.86. The number of alkyl halides is 5. The topological polar surface area (TPSA) is 9.23 Å². The fourth-order valence-electron chi connectivity index (χ4n) is 0.881. The Morgan fingerprint density at radius 1 is 1.20 bits per heavy atom. The predicted molar refractivity (Wildman–Crippen MR) is 45.3 cm³/mol. The Morgan fingerprint density at radius 3 is 2.20 bits per heavy atom. The third-order valence-electron chi connectivity index (χ3n) is 1.46. The van der Waals surface area contributed by atoms with Crippen LogP contribution in [0.25, 0.3) is 0 Å². The van der Waals surface area contributed by atoms with Crippen molar-refractivity contribution in [2.45, 2.75) is 17.7 Å². The summed E-state index contributed by atoms with van der Waals surface area (Å²) in [7, 11) is 0. The summed E-state index contributed by atoms with van der Waals surface area (Å²) in [6, 6.07) is 2.48. The number of rotatable bonds is 2. The first-order chi connectivity index (χ1) is 6.79. The zero-order chi connectivity index (χ0) is 11.6. The van der Waals surface area contributed by atoms with Gasteiger partial charge in [0.05, 0.1) is 0 Å². The van der Waals surface area contributed by atoms with Crippen LogP contribution in [0, 0.1) is 0 Å². The van der Waals surface area contributed by atoms with Gasteiger partial charge < -0.3 is 4.74 Å². The van der Waals surface area contributed by atoms with Gasteiger partial charge >= 0.3 is 6.36 Å². The van der Waals surface area contributed by atoms with Crippen LogP contribution in [0.4, 0.5) is 22.0 Å². The zero-order valence-corrected chi connectivity index (χ0v) is 7.95. The van der Waals surface area contributed by atoms with Crippen molar-refractivity contribution in [1.82, 2.24) is 0 Å². The van der Waals surface area contributed by atoms with Crippen molar-refractivity contribution in [2.75, 3.05) is 0 Å². The van der Waals surface area contributed by atoms with Crippen molar-refractivity contribution in [3.63, 3.8) is 0 Å². The van der Waals surface area contributed by atoms with Crippen LogP contribution in [0.15, 0.2) is 23.1 Å². The van der Waals surface area contributed by atoms with Gasteiger partial charge in [-0.25, -0.2) is 8.78 Å². The normalized spacial score (nSPS) is 11.9. The Kier molecular flexibility index (Phi) is 3.43. The van der Waals surface area contributed by atoms with E-state index in [1.807, 2.05) is 0 Å². The Morgan fingerprint density at radius 2 is 1.80 bits per heavy atom. The van der Waals surface area contributed by atoms with Crippen molar-refractivity contribution in [3.8, 4) is 5.75 Å². The van der Waals surface area contributed by atoms with Crippen LogP contribution >= 0.6 is 12.6 Å². The first kappa shape index (κ1) is 12.1. The van der Waals surface area contributed by atoms with Gasteiger partial charge in [-0.3, -0.25) is 0 Å². The first-order valence-corrected chi connectivity index (χ1v) is 4.11. The lowest BCUT2D eigenvalue weighted by molar-refractivity contribution is -0.275. The Balaban J connectivity index is 2.94. The Bertz CT molecular complexity index is 349. The van der Waals surface area contributed by atoms with Crippen molar-refractivity contribution in [3.05, 3.63) is 23.8 Å². The van der Waals surface area contributed by atoms with E-state index in [4.69, 9.17) is 0 Å². The summed E-state index contributed by atoms with van der Waals surface area (Å²) in [5.41, 5.74) is -0.408. The summed E-state index contributed by atoms with van der Waals surface area (Å²) in [6.07, 6.45) is -7.61. The van der Waals surface area contributed by atoms with Gasteiger partial charge in [0.2, 0.25) is 0 Å². The highest BCUT2D eigenvalue weighted by atomic mass is 32.1. The molecule has 0 aromatic heterocycles. The maximum Gasteiger partial charge on any atom is 0.573 e. The zero-order valence-electron chi connectivity index (χ0n) is 7.05. The fourth-order valence-corrected chi connectivity index (χ4v) is 1.15. The molecule has 0 aliphatic rings. The van der Waals surface area contributed by atoms with Crippen molar-refractivity contribution < 1.29 is 26.7 Å². The second kappa shape index (κ2) is 4.26. The molecule has 7 heteroatoms. The van der Waals surface area contributed by atoms with Gasteiger partial charge in [0.25, 0.3) is 6.43 Å². The molecular formula is C8H5F5OS. The van der Waals surface area contributed by atoms with Crippen LogP contribution in [-0.2, 0) is 0 Å². The molecule has 0 atom stereocenters. The lowest BCUT2D eigenvalue weighted by Gasteiger charge is -2.11. The van der Waals surface area contributed by atoms with Crippen LogP contribution < -0.4 is 4.74 Å². The molecule has 84 valence electrons. The van der Waals surface area contributed by atoms with Gasteiger partial charge in [-0.05, 0) is 18.2 Å². The summed E-state index contributed by atoms with van der Waals surface area (Å²) in [4.78, 5) is -0.287. The van der Waals surface area contributed by atoms with Gasteiger partial charge in [0.1, 0.15) is 5.75 Å². The van der Waals surface area contributed by atoms with Crippen molar-refractivity contribution >= 4 is 12.6 Å². The summed E-state index contributed by atoms with van der Waals surface area (Å²) >= 11 is 3.62. The van der Waals surface area contributed by atoms with Gasteiger partial charge in [0, 0.05) is 10.5 Å². The maximum absolute atomic E-state index is 12.1. The van der Waals surface area contributed by atoms with Gasteiger partial charge in [-0.15, -0.1) is 25.8 Å². The molecule has 0 aliphatic carbocycles. The SMILES string of the molecule is FC(F)c1ccc(OC(F)(F)F)c(S)c1. The molecule has 1 rings (SSSR count). The second-order valence-corrected chi connectivity index (χ2v) is 3.06. The fraction of sp³-hybridized carbons (Fsp3) is 0.250. The van der Waals surface area contributed by atoms with Gasteiger partial charge in [0.15, 0.2) is 0 Å². The van der Waals surface area contributed by atoms with Crippen LogP contribution in [0.2, 0.25) is 0 Å². The van der Waals surface area contributed by atoms with E-state index in [-0.39, 0.29) is 4.90 Å². The minimum absolute atomic E-state index is 0.287. The monoisotopic (exact) mass is 244 g/mol. The molecule has 1 aromatic rings. The average molecular weight is 244 g/mol. The number of ether oxygens (including phenoxy) is 1. The molecule has 15 heavy (non-hydrogen) atoms. The van der Waals surface area contributed by atoms with Crippen molar-refractivity contribution in [2.24, 2.45) is 0 Å². The van der Waals surface area contributed by atoms with E-state index < -0.39 is 24.1 Å². The maximum atomic E-state index is 12.1. The minimum Gasteiger partial charge on any atom is -0.405 e. The lowest BCUT2D eigenvalue weighted by Crippen LogP contribution is -2.17. The largest absolute Gasteiger partial charge is 0.573 e. The summed E-state index contributed by atoms with van der Waals surface area (Å²) in [6.45, 7) is 0. The molecule has 0 N–H and O–H groups in total. The van der Waals surface area contributed by atoms with Crippen LogP contribution in [0.5, 0.6) is 5.75 Å². The third-order valence-corrected chi connectivity index (χ3v) is 1.81. The molecule has 0 spiro atoms. The predicted octanol–water partition coefficient (Wildman–Crippen LogP) is 3.81. The van der Waals surface area contributed by atoms with E-state index in [1.165, 1.54) is 0 Å². The number of thiol groups is 1. The lowest BCUT2D eigenvalue weighted by atomic mass is 10.2. The molecule has 0 amide bonds. The van der Waals surface area contributed by atoms with E-state index >= 15 is 0 Å². The van der Waals surface area contributed by atoms with Crippen molar-refractivity contribution in [1.29, 1.82) is 0 Å². The average Bonchev–Trinajstić information content (AvgIpc) is 2.05. The number of benzene rings is 1. The van der Waals surface area contributed by atoms with Crippen LogP contribution in [-0.4, -0.2) is 6.36 Å². The molecule has 0 saturated heterocycles. The quantitative estimate of drug-likeness (QED) is 0.614. The summed E-state index contributed by atoms with van der Waals surface area (Å²) in [5.74, 6) is -0.602. The van der Waals surface area contributed by atoms with Gasteiger partial charge in [-0.2, -0.15) is 0 Å². The molecule has 0 heterocycles. The molecule has 0 saturated carbocycles. The van der Waals surface area contributed by atoms with Gasteiger partial charge in [-0.1, -0.05) is 0 Å². The van der Waals surface area contributed by atoms with E-state index in [2.05, 4.69) is 17.4 Å².